The maximum Gasteiger partial charge on any atom is 0.336 e. The monoisotopic (exact) mass is 592 g/mol. The summed E-state index contributed by atoms with van der Waals surface area (Å²) >= 11 is 0. The number of benzene rings is 2. The lowest BCUT2D eigenvalue weighted by atomic mass is 9.78. The molecule has 0 aromatic heterocycles. The van der Waals surface area contributed by atoms with E-state index in [-0.39, 0.29) is 42.5 Å². The lowest BCUT2D eigenvalue weighted by molar-refractivity contribution is -0.139. The zero-order valence-corrected chi connectivity index (χ0v) is 24.9. The van der Waals surface area contributed by atoms with Crippen LogP contribution in [0, 0.1) is 0 Å². The standard InChI is InChI=1S/C32H36N2O9/c1-6-15-43-32(39)27-22(13-10-14-34-29(35)19-11-8-9-12-20(19)30(34)36)33-21(7-2)26(31(37)38)25(27)18-16-23(40-3)28(42-5)24(17-18)41-4/h8-9,11-12,16-17,25,33H,6-7,10,13-15H2,1-5H3,(H,37,38). The van der Waals surface area contributed by atoms with Gasteiger partial charge in [0.25, 0.3) is 11.8 Å². The molecule has 0 radical (unpaired) electrons. The first-order chi connectivity index (χ1) is 20.7. The number of imide groups is 1. The highest BCUT2D eigenvalue weighted by atomic mass is 16.5. The predicted molar refractivity (Wildman–Crippen MR) is 156 cm³/mol. The van der Waals surface area contributed by atoms with Crippen molar-refractivity contribution >= 4 is 23.8 Å². The minimum absolute atomic E-state index is 0.00989. The Morgan fingerprint density at radius 2 is 1.51 bits per heavy atom. The van der Waals surface area contributed by atoms with Crippen molar-refractivity contribution in [3.05, 3.63) is 75.6 Å². The second kappa shape index (κ2) is 13.5. The number of carboxylic acids is 1. The Bertz CT molecular complexity index is 1450. The third-order valence-electron chi connectivity index (χ3n) is 7.48. The Morgan fingerprint density at radius 1 is 0.907 bits per heavy atom. The molecule has 2 aromatic rings. The number of allylic oxidation sites excluding steroid dienone is 2. The maximum atomic E-state index is 13.7. The summed E-state index contributed by atoms with van der Waals surface area (Å²) in [5, 5.41) is 13.6. The molecule has 0 saturated heterocycles. The van der Waals surface area contributed by atoms with E-state index in [0.29, 0.717) is 64.6 Å². The van der Waals surface area contributed by atoms with Gasteiger partial charge in [0, 0.05) is 17.9 Å². The minimum Gasteiger partial charge on any atom is -0.493 e. The fourth-order valence-electron chi connectivity index (χ4n) is 5.51. The van der Waals surface area contributed by atoms with Crippen LogP contribution in [-0.2, 0) is 14.3 Å². The van der Waals surface area contributed by atoms with Gasteiger partial charge in [0.1, 0.15) is 0 Å². The average Bonchev–Trinajstić information content (AvgIpc) is 3.26. The lowest BCUT2D eigenvalue weighted by Crippen LogP contribution is -2.34. The number of carbonyl (C=O) groups is 4. The van der Waals surface area contributed by atoms with Crippen molar-refractivity contribution < 1.29 is 43.2 Å². The number of ether oxygens (including phenoxy) is 4. The molecular weight excluding hydrogens is 556 g/mol. The van der Waals surface area contributed by atoms with Gasteiger partial charge in [-0.2, -0.15) is 0 Å². The number of carbonyl (C=O) groups excluding carboxylic acids is 3. The van der Waals surface area contributed by atoms with Crippen LogP contribution in [0.15, 0.2) is 58.9 Å². The van der Waals surface area contributed by atoms with E-state index in [1.54, 1.807) is 36.4 Å². The van der Waals surface area contributed by atoms with E-state index in [1.807, 2.05) is 13.8 Å². The minimum atomic E-state index is -1.20. The fraction of sp³-hybridized carbons (Fsp3) is 0.375. The van der Waals surface area contributed by atoms with Gasteiger partial charge in [-0.05, 0) is 55.5 Å². The van der Waals surface area contributed by atoms with Crippen LogP contribution in [0.3, 0.4) is 0 Å². The van der Waals surface area contributed by atoms with Crippen LogP contribution in [0.25, 0.3) is 0 Å². The van der Waals surface area contributed by atoms with Gasteiger partial charge in [-0.1, -0.05) is 26.0 Å². The van der Waals surface area contributed by atoms with Crippen LogP contribution in [0.2, 0.25) is 0 Å². The Labute approximate surface area is 250 Å². The van der Waals surface area contributed by atoms with Gasteiger partial charge in [-0.15, -0.1) is 0 Å². The lowest BCUT2D eigenvalue weighted by Gasteiger charge is -2.32. The Balaban J connectivity index is 1.79. The van der Waals surface area contributed by atoms with Crippen LogP contribution in [0.4, 0.5) is 0 Å². The first-order valence-corrected chi connectivity index (χ1v) is 14.1. The van der Waals surface area contributed by atoms with Gasteiger partial charge in [0.05, 0.1) is 56.1 Å². The number of methoxy groups -OCH3 is 3. The molecule has 1 atom stereocenters. The Morgan fingerprint density at radius 3 is 2.00 bits per heavy atom. The average molecular weight is 593 g/mol. The smallest absolute Gasteiger partial charge is 0.336 e. The molecule has 2 N–H and O–H groups in total. The third-order valence-corrected chi connectivity index (χ3v) is 7.48. The fourth-order valence-corrected chi connectivity index (χ4v) is 5.51. The maximum absolute atomic E-state index is 13.7. The number of carboxylic acid groups (broad SMARTS) is 1. The largest absolute Gasteiger partial charge is 0.493 e. The molecule has 0 spiro atoms. The summed E-state index contributed by atoms with van der Waals surface area (Å²) in [6, 6.07) is 9.90. The first kappa shape index (κ1) is 31.1. The summed E-state index contributed by atoms with van der Waals surface area (Å²) in [4.78, 5) is 53.4. The Kier molecular flexibility index (Phi) is 9.74. The molecule has 2 aromatic carbocycles. The number of hydrogen-bond donors (Lipinski definition) is 2. The molecule has 11 heteroatoms. The quantitative estimate of drug-likeness (QED) is 0.253. The third kappa shape index (κ3) is 5.93. The van der Waals surface area contributed by atoms with Crippen LogP contribution >= 0.6 is 0 Å². The van der Waals surface area contributed by atoms with Gasteiger partial charge in [0.15, 0.2) is 11.5 Å². The molecule has 2 aliphatic rings. The van der Waals surface area contributed by atoms with E-state index in [4.69, 9.17) is 18.9 Å². The highest BCUT2D eigenvalue weighted by Crippen LogP contribution is 2.46. The van der Waals surface area contributed by atoms with E-state index in [0.717, 1.165) is 0 Å². The van der Waals surface area contributed by atoms with Crippen LogP contribution < -0.4 is 19.5 Å². The number of rotatable bonds is 13. The van der Waals surface area contributed by atoms with Crippen LogP contribution in [0.5, 0.6) is 17.2 Å². The van der Waals surface area contributed by atoms with Crippen molar-refractivity contribution in [3.8, 4) is 17.2 Å². The van der Waals surface area contributed by atoms with Crippen molar-refractivity contribution in [2.75, 3.05) is 34.5 Å². The molecule has 1 unspecified atom stereocenters. The summed E-state index contributed by atoms with van der Waals surface area (Å²) in [7, 11) is 4.36. The van der Waals surface area contributed by atoms with E-state index >= 15 is 0 Å². The number of aliphatic carboxylic acids is 1. The Hall–Kier alpha value is -4.80. The second-order valence-electron chi connectivity index (χ2n) is 10.0. The zero-order valence-electron chi connectivity index (χ0n) is 24.9. The van der Waals surface area contributed by atoms with E-state index in [9.17, 15) is 24.3 Å². The molecule has 2 aliphatic heterocycles. The normalized spacial score (nSPS) is 16.2. The van der Waals surface area contributed by atoms with Gasteiger partial charge in [-0.3, -0.25) is 14.5 Å². The number of hydrogen-bond acceptors (Lipinski definition) is 9. The summed E-state index contributed by atoms with van der Waals surface area (Å²) in [5.74, 6) is -2.73. The molecular formula is C32H36N2O9. The van der Waals surface area contributed by atoms with Crippen LogP contribution in [0.1, 0.15) is 71.7 Å². The SMILES string of the molecule is CCCOC(=O)C1=C(CCCN2C(=O)c3ccccc3C2=O)NC(CC)=C(C(=O)O)C1c1cc(OC)c(OC)c(OC)c1. The molecule has 43 heavy (non-hydrogen) atoms. The number of dihydropyridines is 1. The zero-order chi connectivity index (χ0) is 31.3. The molecule has 0 bridgehead atoms. The molecule has 228 valence electrons. The number of fused-ring (bicyclic) bond motifs is 1. The molecule has 2 heterocycles. The van der Waals surface area contributed by atoms with Crippen molar-refractivity contribution in [3.63, 3.8) is 0 Å². The van der Waals surface area contributed by atoms with E-state index in [2.05, 4.69) is 5.32 Å². The highest BCUT2D eigenvalue weighted by Gasteiger charge is 2.40. The highest BCUT2D eigenvalue weighted by molar-refractivity contribution is 6.21. The molecule has 4 rings (SSSR count). The molecule has 11 nitrogen and oxygen atoms in total. The van der Waals surface area contributed by atoms with Crippen LogP contribution in [-0.4, -0.2) is 68.2 Å². The summed E-state index contributed by atoms with van der Waals surface area (Å²) in [5.41, 5.74) is 2.14. The molecule has 0 fully saturated rings. The number of esters is 1. The second-order valence-corrected chi connectivity index (χ2v) is 10.0. The van der Waals surface area contributed by atoms with Crippen molar-refractivity contribution in [1.82, 2.24) is 10.2 Å². The molecule has 2 amide bonds. The summed E-state index contributed by atoms with van der Waals surface area (Å²) in [6.07, 6.45) is 1.46. The number of amides is 2. The van der Waals surface area contributed by atoms with Gasteiger partial charge in [0.2, 0.25) is 5.75 Å². The number of nitrogens with zero attached hydrogens (tertiary/aromatic N) is 1. The topological polar surface area (TPSA) is 141 Å². The van der Waals surface area contributed by atoms with Crippen molar-refractivity contribution in [1.29, 1.82) is 0 Å². The summed E-state index contributed by atoms with van der Waals surface area (Å²) in [6.45, 7) is 3.92. The molecule has 0 saturated carbocycles. The van der Waals surface area contributed by atoms with Gasteiger partial charge >= 0.3 is 11.9 Å². The summed E-state index contributed by atoms with van der Waals surface area (Å²) < 4.78 is 22.1. The van der Waals surface area contributed by atoms with E-state index < -0.39 is 17.9 Å². The number of nitrogens with one attached hydrogen (secondary N) is 1. The van der Waals surface area contributed by atoms with Gasteiger partial charge < -0.3 is 29.4 Å². The predicted octanol–water partition coefficient (Wildman–Crippen LogP) is 4.43. The molecule has 0 aliphatic carbocycles. The first-order valence-electron chi connectivity index (χ1n) is 14.1. The van der Waals surface area contributed by atoms with Gasteiger partial charge in [-0.25, -0.2) is 9.59 Å². The van der Waals surface area contributed by atoms with E-state index in [1.165, 1.54) is 26.2 Å². The van der Waals surface area contributed by atoms with Crippen molar-refractivity contribution in [2.24, 2.45) is 0 Å². The van der Waals surface area contributed by atoms with Crippen molar-refractivity contribution in [2.45, 2.75) is 45.4 Å².